The molecule has 2 atom stereocenters. The number of amides is 2. The Morgan fingerprint density at radius 2 is 1.62 bits per heavy atom. The van der Waals surface area contributed by atoms with Crippen LogP contribution in [-0.4, -0.2) is 51.7 Å². The van der Waals surface area contributed by atoms with Gasteiger partial charge in [0.05, 0.1) is 12.0 Å². The van der Waals surface area contributed by atoms with Gasteiger partial charge in [0.25, 0.3) is 0 Å². The van der Waals surface area contributed by atoms with Crippen molar-refractivity contribution < 1.29 is 26.5 Å². The van der Waals surface area contributed by atoms with Crippen molar-refractivity contribution in [1.29, 1.82) is 0 Å². The number of hydrogen-bond donors (Lipinski definition) is 1. The molecule has 1 aromatic heterocycles. The van der Waals surface area contributed by atoms with E-state index in [9.17, 15) is 13.2 Å². The fraction of sp³-hybridized carbons (Fsp3) is 0.286. The summed E-state index contributed by atoms with van der Waals surface area (Å²) >= 11 is 0. The fourth-order valence-corrected chi connectivity index (χ4v) is 4.74. The summed E-state index contributed by atoms with van der Waals surface area (Å²) in [7, 11) is -4.80. The minimum absolute atomic E-state index is 0.234. The van der Waals surface area contributed by atoms with Crippen LogP contribution < -0.4 is 0 Å². The Morgan fingerprint density at radius 3 is 2.22 bits per heavy atom. The third kappa shape index (κ3) is 3.85. The average molecular weight is 456 g/mol. The highest BCUT2D eigenvalue weighted by Gasteiger charge is 2.49. The van der Waals surface area contributed by atoms with E-state index in [2.05, 4.69) is 14.5 Å². The molecule has 2 saturated heterocycles. The van der Waals surface area contributed by atoms with Crippen molar-refractivity contribution in [2.45, 2.75) is 30.8 Å². The second kappa shape index (κ2) is 8.01. The van der Waals surface area contributed by atoms with Crippen LogP contribution in [0.25, 0.3) is 0 Å². The Kier molecular flexibility index (Phi) is 5.16. The van der Waals surface area contributed by atoms with E-state index in [0.717, 1.165) is 11.1 Å². The molecule has 2 bridgehead atoms. The molecule has 32 heavy (non-hydrogen) atoms. The highest BCUT2D eigenvalue weighted by molar-refractivity contribution is 7.80. The number of nitrogens with zero attached hydrogens (tertiary/aromatic N) is 4. The SMILES string of the molecule is O=C1N2CC(CCC2c2nnc(C(c3ccccc3)c3ccccc3)o2)N1OS(=O)(=O)O. The molecule has 166 valence electrons. The molecule has 10 nitrogen and oxygen atoms in total. The summed E-state index contributed by atoms with van der Waals surface area (Å²) in [6.07, 6.45) is 0.950. The quantitative estimate of drug-likeness (QED) is 0.561. The fourth-order valence-electron chi connectivity index (χ4n) is 4.35. The molecule has 0 radical (unpaired) electrons. The van der Waals surface area contributed by atoms with Crippen LogP contribution >= 0.6 is 0 Å². The molecule has 2 unspecified atom stereocenters. The number of rotatable bonds is 6. The third-order valence-corrected chi connectivity index (χ3v) is 6.10. The first-order valence-corrected chi connectivity index (χ1v) is 11.5. The van der Waals surface area contributed by atoms with E-state index < -0.39 is 28.5 Å². The maximum atomic E-state index is 12.7. The molecule has 11 heteroatoms. The zero-order valence-electron chi connectivity index (χ0n) is 16.8. The number of carbonyl (C=O) groups is 1. The van der Waals surface area contributed by atoms with Gasteiger partial charge in [0.2, 0.25) is 11.8 Å². The molecular formula is C21H20N4O6S. The van der Waals surface area contributed by atoms with E-state index in [1.165, 1.54) is 4.90 Å². The van der Waals surface area contributed by atoms with Crippen molar-refractivity contribution in [1.82, 2.24) is 20.2 Å². The van der Waals surface area contributed by atoms with Gasteiger partial charge in [-0.2, -0.15) is 13.5 Å². The zero-order chi connectivity index (χ0) is 22.3. The standard InChI is InChI=1S/C21H20N4O6S/c26-21-24-13-16(25(21)31-32(27,28)29)11-12-17(24)19-22-23-20(30-19)18(14-7-3-1-4-8-14)15-9-5-2-6-10-15/h1-10,16-18H,11-13H2,(H,27,28,29). The van der Waals surface area contributed by atoms with E-state index >= 15 is 0 Å². The van der Waals surface area contributed by atoms with Crippen LogP contribution in [0.3, 0.4) is 0 Å². The maximum Gasteiger partial charge on any atom is 0.418 e. The first kappa shape index (κ1) is 20.6. The van der Waals surface area contributed by atoms with Crippen LogP contribution in [0.15, 0.2) is 65.1 Å². The lowest BCUT2D eigenvalue weighted by atomic mass is 9.91. The number of hydrogen-bond acceptors (Lipinski definition) is 7. The summed E-state index contributed by atoms with van der Waals surface area (Å²) in [5.41, 5.74) is 1.98. The second-order valence-electron chi connectivity index (χ2n) is 7.74. The summed E-state index contributed by atoms with van der Waals surface area (Å²) in [5.74, 6) is 0.401. The van der Waals surface area contributed by atoms with E-state index in [-0.39, 0.29) is 18.4 Å². The summed E-state index contributed by atoms with van der Waals surface area (Å²) in [4.78, 5) is 14.1. The summed E-state index contributed by atoms with van der Waals surface area (Å²) < 4.78 is 41.7. The lowest BCUT2D eigenvalue weighted by Crippen LogP contribution is -2.35. The van der Waals surface area contributed by atoms with Crippen molar-refractivity contribution >= 4 is 16.4 Å². The van der Waals surface area contributed by atoms with Crippen molar-refractivity contribution in [2.24, 2.45) is 0 Å². The van der Waals surface area contributed by atoms with Gasteiger partial charge in [-0.3, -0.25) is 4.55 Å². The summed E-state index contributed by atoms with van der Waals surface area (Å²) in [5, 5.41) is 9.22. The lowest BCUT2D eigenvalue weighted by Gasteiger charge is -2.27. The Labute approximate surface area is 184 Å². The number of fused-ring (bicyclic) bond motifs is 2. The molecule has 1 N–H and O–H groups in total. The first-order valence-electron chi connectivity index (χ1n) is 10.1. The predicted octanol–water partition coefficient (Wildman–Crippen LogP) is 2.93. The van der Waals surface area contributed by atoms with Crippen molar-refractivity contribution in [3.05, 3.63) is 83.6 Å². The van der Waals surface area contributed by atoms with Crippen LogP contribution in [0.5, 0.6) is 0 Å². The number of hydroxylamine groups is 2. The van der Waals surface area contributed by atoms with E-state index in [1.807, 2.05) is 60.7 Å². The Hall–Kier alpha value is -3.28. The smallest absolute Gasteiger partial charge is 0.418 e. The Morgan fingerprint density at radius 1 is 1.00 bits per heavy atom. The molecule has 0 spiro atoms. The molecule has 2 fully saturated rings. The second-order valence-corrected chi connectivity index (χ2v) is 8.75. The van der Waals surface area contributed by atoms with Gasteiger partial charge in [-0.15, -0.1) is 14.5 Å². The van der Waals surface area contributed by atoms with Crippen molar-refractivity contribution in [3.63, 3.8) is 0 Å². The van der Waals surface area contributed by atoms with Crippen LogP contribution in [0.1, 0.15) is 47.7 Å². The van der Waals surface area contributed by atoms with Crippen LogP contribution in [0.2, 0.25) is 0 Å². The van der Waals surface area contributed by atoms with E-state index in [1.54, 1.807) is 0 Å². The van der Waals surface area contributed by atoms with E-state index in [0.29, 0.717) is 23.8 Å². The normalized spacial score (nSPS) is 20.9. The molecule has 2 amide bonds. The molecule has 2 aliphatic rings. The van der Waals surface area contributed by atoms with Gasteiger partial charge in [0.1, 0.15) is 6.04 Å². The maximum absolute atomic E-state index is 12.7. The number of carbonyl (C=O) groups excluding carboxylic acids is 1. The van der Waals surface area contributed by atoms with Gasteiger partial charge in [-0.1, -0.05) is 60.7 Å². The first-order chi connectivity index (χ1) is 15.4. The predicted molar refractivity (Wildman–Crippen MR) is 110 cm³/mol. The highest BCUT2D eigenvalue weighted by Crippen LogP contribution is 2.39. The van der Waals surface area contributed by atoms with Gasteiger partial charge < -0.3 is 9.32 Å². The summed E-state index contributed by atoms with van der Waals surface area (Å²) in [6.45, 7) is 0.234. The molecule has 0 saturated carbocycles. The van der Waals surface area contributed by atoms with Crippen LogP contribution in [0, 0.1) is 0 Å². The third-order valence-electron chi connectivity index (χ3n) is 5.75. The number of piperidine rings is 1. The van der Waals surface area contributed by atoms with Gasteiger partial charge in [-0.05, 0) is 24.0 Å². The van der Waals surface area contributed by atoms with Gasteiger partial charge >= 0.3 is 16.4 Å². The Balaban J connectivity index is 1.45. The summed E-state index contributed by atoms with van der Waals surface area (Å²) in [6, 6.07) is 17.9. The number of urea groups is 1. The van der Waals surface area contributed by atoms with Crippen LogP contribution in [-0.2, 0) is 14.7 Å². The monoisotopic (exact) mass is 456 g/mol. The molecular weight excluding hydrogens is 436 g/mol. The largest absolute Gasteiger partial charge is 0.422 e. The molecule has 3 aromatic rings. The van der Waals surface area contributed by atoms with Crippen molar-refractivity contribution in [2.75, 3.05) is 6.54 Å². The molecule has 3 heterocycles. The highest BCUT2D eigenvalue weighted by atomic mass is 32.3. The van der Waals surface area contributed by atoms with Gasteiger partial charge in [0, 0.05) is 6.54 Å². The van der Waals surface area contributed by atoms with Gasteiger partial charge in [-0.25, -0.2) is 4.79 Å². The van der Waals surface area contributed by atoms with Crippen molar-refractivity contribution in [3.8, 4) is 0 Å². The minimum Gasteiger partial charge on any atom is -0.422 e. The minimum atomic E-state index is -4.80. The van der Waals surface area contributed by atoms with Gasteiger partial charge in [0.15, 0.2) is 0 Å². The molecule has 5 rings (SSSR count). The molecule has 2 aliphatic heterocycles. The topological polar surface area (TPSA) is 126 Å². The lowest BCUT2D eigenvalue weighted by molar-refractivity contribution is -0.0317. The average Bonchev–Trinajstić information content (AvgIpc) is 3.35. The molecule has 0 aliphatic carbocycles. The molecule has 2 aromatic carbocycles. The Bertz CT molecular complexity index is 1180. The zero-order valence-corrected chi connectivity index (χ0v) is 17.6. The van der Waals surface area contributed by atoms with Crippen LogP contribution in [0.4, 0.5) is 4.79 Å². The van der Waals surface area contributed by atoms with E-state index in [4.69, 9.17) is 8.97 Å². The number of benzene rings is 2. The number of aromatic nitrogens is 2.